The number of esters is 1. The second-order valence-corrected chi connectivity index (χ2v) is 4.80. The minimum atomic E-state index is -1.12. The number of benzene rings is 1. The van der Waals surface area contributed by atoms with Crippen LogP contribution in [0.1, 0.15) is 13.8 Å². The van der Waals surface area contributed by atoms with Gasteiger partial charge in [0.1, 0.15) is 5.75 Å². The Labute approximate surface area is 132 Å². The summed E-state index contributed by atoms with van der Waals surface area (Å²) >= 11 is 5.74. The van der Waals surface area contributed by atoms with Crippen molar-refractivity contribution in [3.8, 4) is 5.75 Å². The molecule has 0 heterocycles. The van der Waals surface area contributed by atoms with E-state index in [0.717, 1.165) is 0 Å². The van der Waals surface area contributed by atoms with E-state index in [1.807, 2.05) is 5.32 Å². The van der Waals surface area contributed by atoms with E-state index in [-0.39, 0.29) is 0 Å². The Morgan fingerprint density at radius 2 is 1.68 bits per heavy atom. The van der Waals surface area contributed by atoms with E-state index in [4.69, 9.17) is 21.1 Å². The van der Waals surface area contributed by atoms with Gasteiger partial charge in [0.15, 0.2) is 12.2 Å². The standard InChI is InChI=1S/C14H17ClN2O5/c1-8(12(18)17-14(20)16-3)22-13(19)9(2)21-11-6-4-10(15)5-7-11/h4-9H,1-3H3,(H2,16,17,18,20)/t8-,9+/m0/s1. The number of imide groups is 1. The topological polar surface area (TPSA) is 93.7 Å². The fraction of sp³-hybridized carbons (Fsp3) is 0.357. The summed E-state index contributed by atoms with van der Waals surface area (Å²) in [6, 6.07) is 5.77. The van der Waals surface area contributed by atoms with Crippen molar-refractivity contribution in [2.45, 2.75) is 26.1 Å². The van der Waals surface area contributed by atoms with Gasteiger partial charge in [-0.15, -0.1) is 0 Å². The molecule has 0 radical (unpaired) electrons. The minimum absolute atomic E-state index is 0.441. The first-order valence-corrected chi connectivity index (χ1v) is 6.86. The molecule has 22 heavy (non-hydrogen) atoms. The number of hydrogen-bond acceptors (Lipinski definition) is 5. The number of carbonyl (C=O) groups is 3. The predicted octanol–water partition coefficient (Wildman–Crippen LogP) is 1.49. The van der Waals surface area contributed by atoms with Crippen LogP contribution in [0.2, 0.25) is 5.02 Å². The highest BCUT2D eigenvalue weighted by Crippen LogP contribution is 2.17. The van der Waals surface area contributed by atoms with Crippen molar-refractivity contribution >= 4 is 29.5 Å². The molecule has 0 aliphatic heterocycles. The van der Waals surface area contributed by atoms with Crippen molar-refractivity contribution in [2.75, 3.05) is 7.05 Å². The van der Waals surface area contributed by atoms with E-state index < -0.39 is 30.1 Å². The highest BCUT2D eigenvalue weighted by atomic mass is 35.5. The summed E-state index contributed by atoms with van der Waals surface area (Å²) in [6.45, 7) is 2.84. The van der Waals surface area contributed by atoms with Crippen LogP contribution in [0, 0.1) is 0 Å². The Kier molecular flexibility index (Phi) is 6.65. The number of hydrogen-bond donors (Lipinski definition) is 2. The molecule has 0 aliphatic carbocycles. The van der Waals surface area contributed by atoms with E-state index in [1.165, 1.54) is 20.9 Å². The zero-order valence-corrected chi connectivity index (χ0v) is 13.1. The highest BCUT2D eigenvalue weighted by Gasteiger charge is 2.24. The van der Waals surface area contributed by atoms with Crippen molar-refractivity contribution in [1.82, 2.24) is 10.6 Å². The summed E-state index contributed by atoms with van der Waals surface area (Å²) in [4.78, 5) is 34.4. The molecular formula is C14H17ClN2O5. The first-order valence-electron chi connectivity index (χ1n) is 6.48. The smallest absolute Gasteiger partial charge is 0.347 e. The Hall–Kier alpha value is -2.28. The second kappa shape index (κ2) is 8.23. The van der Waals surface area contributed by atoms with Gasteiger partial charge in [0.2, 0.25) is 0 Å². The number of carbonyl (C=O) groups excluding carboxylic acids is 3. The zero-order chi connectivity index (χ0) is 16.7. The molecular weight excluding hydrogens is 312 g/mol. The van der Waals surface area contributed by atoms with Crippen LogP contribution in [0.25, 0.3) is 0 Å². The minimum Gasteiger partial charge on any atom is -0.479 e. The molecule has 1 aromatic carbocycles. The Morgan fingerprint density at radius 1 is 1.09 bits per heavy atom. The van der Waals surface area contributed by atoms with Crippen LogP contribution in [0.5, 0.6) is 5.75 Å². The first-order chi connectivity index (χ1) is 10.3. The summed E-state index contributed by atoms with van der Waals surface area (Å²) in [5, 5.41) is 4.77. The lowest BCUT2D eigenvalue weighted by molar-refractivity contribution is -0.160. The van der Waals surface area contributed by atoms with Gasteiger partial charge in [-0.3, -0.25) is 10.1 Å². The maximum atomic E-state index is 11.8. The van der Waals surface area contributed by atoms with Gasteiger partial charge in [0.25, 0.3) is 5.91 Å². The van der Waals surface area contributed by atoms with Gasteiger partial charge in [0, 0.05) is 12.1 Å². The fourth-order valence-corrected chi connectivity index (χ4v) is 1.49. The molecule has 0 fully saturated rings. The Balaban J connectivity index is 2.51. The monoisotopic (exact) mass is 328 g/mol. The summed E-state index contributed by atoms with van der Waals surface area (Å²) in [6.07, 6.45) is -2.04. The average Bonchev–Trinajstić information content (AvgIpc) is 2.49. The van der Waals surface area contributed by atoms with Crippen LogP contribution >= 0.6 is 11.6 Å². The summed E-state index contributed by atoms with van der Waals surface area (Å²) < 4.78 is 10.3. The maximum Gasteiger partial charge on any atom is 0.347 e. The first kappa shape index (κ1) is 17.8. The SMILES string of the molecule is CNC(=O)NC(=O)[C@H](C)OC(=O)[C@@H](C)Oc1ccc(Cl)cc1. The maximum absolute atomic E-state index is 11.8. The molecule has 3 amide bonds. The molecule has 2 atom stereocenters. The van der Waals surface area contributed by atoms with E-state index in [0.29, 0.717) is 10.8 Å². The molecule has 0 unspecified atom stereocenters. The zero-order valence-electron chi connectivity index (χ0n) is 12.4. The lowest BCUT2D eigenvalue weighted by atomic mass is 10.3. The Bertz CT molecular complexity index is 547. The summed E-state index contributed by atoms with van der Waals surface area (Å²) in [5.74, 6) is -1.02. The molecule has 7 nitrogen and oxygen atoms in total. The highest BCUT2D eigenvalue weighted by molar-refractivity contribution is 6.30. The van der Waals surface area contributed by atoms with Crippen LogP contribution in [0.4, 0.5) is 4.79 Å². The van der Waals surface area contributed by atoms with Crippen LogP contribution in [-0.4, -0.2) is 37.2 Å². The third-order valence-corrected chi connectivity index (χ3v) is 2.84. The molecule has 0 spiro atoms. The molecule has 0 bridgehead atoms. The van der Waals surface area contributed by atoms with Gasteiger partial charge in [-0.1, -0.05) is 11.6 Å². The van der Waals surface area contributed by atoms with Gasteiger partial charge in [-0.2, -0.15) is 0 Å². The molecule has 1 aromatic rings. The molecule has 0 aromatic heterocycles. The third-order valence-electron chi connectivity index (χ3n) is 2.58. The molecule has 2 N–H and O–H groups in total. The largest absolute Gasteiger partial charge is 0.479 e. The summed E-state index contributed by atoms with van der Waals surface area (Å²) in [7, 11) is 1.36. The molecule has 120 valence electrons. The quantitative estimate of drug-likeness (QED) is 0.799. The van der Waals surface area contributed by atoms with E-state index >= 15 is 0 Å². The van der Waals surface area contributed by atoms with Crippen molar-refractivity contribution in [1.29, 1.82) is 0 Å². The van der Waals surface area contributed by atoms with E-state index in [9.17, 15) is 14.4 Å². The molecule has 8 heteroatoms. The predicted molar refractivity (Wildman–Crippen MR) is 79.7 cm³/mol. The lowest BCUT2D eigenvalue weighted by Crippen LogP contribution is -2.44. The number of nitrogens with one attached hydrogen (secondary N) is 2. The number of amides is 3. The van der Waals surface area contributed by atoms with E-state index in [1.54, 1.807) is 24.3 Å². The number of ether oxygens (including phenoxy) is 2. The van der Waals surface area contributed by atoms with Crippen molar-refractivity contribution in [3.05, 3.63) is 29.3 Å². The van der Waals surface area contributed by atoms with Gasteiger partial charge in [-0.05, 0) is 38.1 Å². The van der Waals surface area contributed by atoms with Crippen LogP contribution in [0.15, 0.2) is 24.3 Å². The third kappa shape index (κ3) is 5.61. The number of halogens is 1. The molecule has 0 saturated heterocycles. The number of urea groups is 1. The van der Waals surface area contributed by atoms with Crippen molar-refractivity contribution < 1.29 is 23.9 Å². The van der Waals surface area contributed by atoms with Gasteiger partial charge >= 0.3 is 12.0 Å². The summed E-state index contributed by atoms with van der Waals surface area (Å²) in [5.41, 5.74) is 0. The second-order valence-electron chi connectivity index (χ2n) is 4.36. The lowest BCUT2D eigenvalue weighted by Gasteiger charge is -2.17. The van der Waals surface area contributed by atoms with Gasteiger partial charge in [-0.25, -0.2) is 9.59 Å². The van der Waals surface area contributed by atoms with E-state index in [2.05, 4.69) is 5.32 Å². The molecule has 1 rings (SSSR count). The van der Waals surface area contributed by atoms with Gasteiger partial charge in [0.05, 0.1) is 0 Å². The average molecular weight is 329 g/mol. The van der Waals surface area contributed by atoms with Crippen molar-refractivity contribution in [2.24, 2.45) is 0 Å². The van der Waals surface area contributed by atoms with Crippen LogP contribution < -0.4 is 15.4 Å². The molecule has 0 saturated carbocycles. The fourth-order valence-electron chi connectivity index (χ4n) is 1.36. The van der Waals surface area contributed by atoms with Gasteiger partial charge < -0.3 is 14.8 Å². The number of rotatable bonds is 5. The molecule has 0 aliphatic rings. The normalized spacial score (nSPS) is 12.7. The van der Waals surface area contributed by atoms with Crippen LogP contribution in [-0.2, 0) is 14.3 Å². The van der Waals surface area contributed by atoms with Crippen LogP contribution in [0.3, 0.4) is 0 Å². The van der Waals surface area contributed by atoms with Crippen molar-refractivity contribution in [3.63, 3.8) is 0 Å². The Morgan fingerprint density at radius 3 is 2.23 bits per heavy atom.